The van der Waals surface area contributed by atoms with Crippen LogP contribution in [0.4, 0.5) is 10.1 Å². The third kappa shape index (κ3) is 4.44. The van der Waals surface area contributed by atoms with E-state index in [1.165, 1.54) is 23.9 Å². The molecule has 1 saturated heterocycles. The van der Waals surface area contributed by atoms with Crippen molar-refractivity contribution >= 4 is 23.4 Å². The predicted molar refractivity (Wildman–Crippen MR) is 119 cm³/mol. The lowest BCUT2D eigenvalue weighted by molar-refractivity contribution is -0.128. The Bertz CT molecular complexity index is 1040. The molecule has 6 nitrogen and oxygen atoms in total. The second kappa shape index (κ2) is 8.70. The zero-order valence-electron chi connectivity index (χ0n) is 17.2. The summed E-state index contributed by atoms with van der Waals surface area (Å²) in [5.74, 6) is 1.68. The second-order valence-electron chi connectivity index (χ2n) is 7.92. The Balaban J connectivity index is 1.21. The molecule has 2 heterocycles. The zero-order valence-corrected chi connectivity index (χ0v) is 18.0. The summed E-state index contributed by atoms with van der Waals surface area (Å²) in [4.78, 5) is 16.9. The number of carbonyl (C=O) groups is 1. The van der Waals surface area contributed by atoms with Crippen LogP contribution in [0.2, 0.25) is 0 Å². The summed E-state index contributed by atoms with van der Waals surface area (Å²) in [6.45, 7) is 2.81. The minimum absolute atomic E-state index is 0.110. The Morgan fingerprint density at radius 2 is 1.65 bits per heavy atom. The van der Waals surface area contributed by atoms with Crippen LogP contribution in [0.1, 0.15) is 24.6 Å². The van der Waals surface area contributed by atoms with E-state index in [0.29, 0.717) is 24.8 Å². The number of thioether (sulfide) groups is 1. The number of para-hydroxylation sites is 1. The van der Waals surface area contributed by atoms with E-state index in [-0.39, 0.29) is 11.7 Å². The highest BCUT2D eigenvalue weighted by molar-refractivity contribution is 7.99. The first-order chi connectivity index (χ1) is 15.2. The number of amides is 1. The summed E-state index contributed by atoms with van der Waals surface area (Å²) in [6.07, 6.45) is 2.29. The molecule has 1 amide bonds. The van der Waals surface area contributed by atoms with Gasteiger partial charge >= 0.3 is 0 Å². The van der Waals surface area contributed by atoms with Crippen molar-refractivity contribution in [2.45, 2.75) is 23.9 Å². The van der Waals surface area contributed by atoms with Gasteiger partial charge in [0.1, 0.15) is 11.6 Å². The van der Waals surface area contributed by atoms with Crippen molar-refractivity contribution in [1.82, 2.24) is 19.7 Å². The van der Waals surface area contributed by atoms with Crippen molar-refractivity contribution in [3.8, 4) is 5.69 Å². The Morgan fingerprint density at radius 3 is 2.32 bits per heavy atom. The topological polar surface area (TPSA) is 54.3 Å². The van der Waals surface area contributed by atoms with Gasteiger partial charge in [0.25, 0.3) is 0 Å². The number of piperazine rings is 1. The van der Waals surface area contributed by atoms with Crippen molar-refractivity contribution in [2.24, 2.45) is 0 Å². The highest BCUT2D eigenvalue weighted by Gasteiger charge is 2.31. The number of hydrogen-bond donors (Lipinski definition) is 0. The summed E-state index contributed by atoms with van der Waals surface area (Å²) < 4.78 is 15.2. The van der Waals surface area contributed by atoms with Gasteiger partial charge in [0, 0.05) is 43.5 Å². The number of carbonyl (C=O) groups excluding carboxylic acids is 1. The van der Waals surface area contributed by atoms with Crippen molar-refractivity contribution in [3.05, 3.63) is 66.2 Å². The van der Waals surface area contributed by atoms with Gasteiger partial charge in [-0.1, -0.05) is 30.0 Å². The zero-order chi connectivity index (χ0) is 21.2. The summed E-state index contributed by atoms with van der Waals surface area (Å²) in [5, 5.41) is 9.59. The van der Waals surface area contributed by atoms with Gasteiger partial charge in [0.05, 0.1) is 5.75 Å². The SMILES string of the molecule is O=C(CSc1nnc(C2CC2)n1-c1ccccc1)N1CCN(c2ccc(F)cc2)CC1. The van der Waals surface area contributed by atoms with Crippen LogP contribution in [-0.2, 0) is 4.79 Å². The fourth-order valence-corrected chi connectivity index (χ4v) is 4.75. The smallest absolute Gasteiger partial charge is 0.233 e. The van der Waals surface area contributed by atoms with Crippen molar-refractivity contribution in [1.29, 1.82) is 0 Å². The number of hydrogen-bond acceptors (Lipinski definition) is 5. The molecule has 5 rings (SSSR count). The molecule has 0 radical (unpaired) electrons. The Labute approximate surface area is 185 Å². The van der Waals surface area contributed by atoms with E-state index >= 15 is 0 Å². The summed E-state index contributed by atoms with van der Waals surface area (Å²) in [5.41, 5.74) is 2.03. The van der Waals surface area contributed by atoms with Crippen LogP contribution in [0.5, 0.6) is 0 Å². The number of benzene rings is 2. The molecule has 1 aromatic heterocycles. The minimum Gasteiger partial charge on any atom is -0.368 e. The van der Waals surface area contributed by atoms with E-state index in [4.69, 9.17) is 0 Å². The maximum absolute atomic E-state index is 13.1. The first kappa shape index (κ1) is 20.1. The highest BCUT2D eigenvalue weighted by Crippen LogP contribution is 2.41. The molecule has 8 heteroatoms. The lowest BCUT2D eigenvalue weighted by Crippen LogP contribution is -2.49. The number of halogens is 1. The fraction of sp³-hybridized carbons (Fsp3) is 0.348. The Hall–Kier alpha value is -2.87. The second-order valence-corrected chi connectivity index (χ2v) is 8.86. The molecule has 2 aromatic carbocycles. The van der Waals surface area contributed by atoms with E-state index in [1.54, 1.807) is 12.1 Å². The monoisotopic (exact) mass is 437 g/mol. The molecule has 2 aliphatic rings. The van der Waals surface area contributed by atoms with Gasteiger partial charge in [-0.15, -0.1) is 10.2 Å². The quantitative estimate of drug-likeness (QED) is 0.550. The molecule has 0 spiro atoms. The molecule has 160 valence electrons. The van der Waals surface area contributed by atoms with Gasteiger partial charge in [0.2, 0.25) is 5.91 Å². The van der Waals surface area contributed by atoms with Crippen LogP contribution in [0.15, 0.2) is 59.8 Å². The molecule has 3 aromatic rings. The molecule has 0 N–H and O–H groups in total. The van der Waals surface area contributed by atoms with Crippen molar-refractivity contribution in [2.75, 3.05) is 36.8 Å². The number of rotatable bonds is 6. The predicted octanol–water partition coefficient (Wildman–Crippen LogP) is 3.72. The van der Waals surface area contributed by atoms with Gasteiger partial charge in [-0.05, 0) is 49.2 Å². The molecular formula is C23H24FN5OS. The maximum Gasteiger partial charge on any atom is 0.233 e. The molecular weight excluding hydrogens is 413 g/mol. The largest absolute Gasteiger partial charge is 0.368 e. The molecule has 0 bridgehead atoms. The number of anilines is 1. The van der Waals surface area contributed by atoms with E-state index < -0.39 is 0 Å². The lowest BCUT2D eigenvalue weighted by atomic mass is 10.2. The molecule has 1 aliphatic carbocycles. The standard InChI is InChI=1S/C23H24FN5OS/c24-18-8-10-19(11-9-18)27-12-14-28(15-13-27)21(30)16-31-23-26-25-22(17-6-7-17)29(23)20-4-2-1-3-5-20/h1-5,8-11,17H,6-7,12-16H2. The molecule has 0 unspecified atom stereocenters. The first-order valence-corrected chi connectivity index (χ1v) is 11.6. The van der Waals surface area contributed by atoms with Gasteiger partial charge in [-0.3, -0.25) is 9.36 Å². The Kier molecular flexibility index (Phi) is 5.63. The average Bonchev–Trinajstić information content (AvgIpc) is 3.58. The van der Waals surface area contributed by atoms with E-state index in [0.717, 1.165) is 48.3 Å². The Morgan fingerprint density at radius 1 is 0.935 bits per heavy atom. The van der Waals surface area contributed by atoms with Gasteiger partial charge in [-0.25, -0.2) is 4.39 Å². The number of nitrogens with zero attached hydrogens (tertiary/aromatic N) is 5. The fourth-order valence-electron chi connectivity index (χ4n) is 3.88. The molecule has 31 heavy (non-hydrogen) atoms. The first-order valence-electron chi connectivity index (χ1n) is 10.6. The maximum atomic E-state index is 13.1. The third-order valence-electron chi connectivity index (χ3n) is 5.76. The highest BCUT2D eigenvalue weighted by atomic mass is 32.2. The number of aromatic nitrogens is 3. The van der Waals surface area contributed by atoms with E-state index in [2.05, 4.69) is 31.8 Å². The van der Waals surface area contributed by atoms with Crippen LogP contribution in [0, 0.1) is 5.82 Å². The normalized spacial score (nSPS) is 16.5. The minimum atomic E-state index is -0.234. The van der Waals surface area contributed by atoms with E-state index in [9.17, 15) is 9.18 Å². The molecule has 0 atom stereocenters. The van der Waals surface area contributed by atoms with E-state index in [1.807, 2.05) is 23.1 Å². The van der Waals surface area contributed by atoms with Crippen molar-refractivity contribution < 1.29 is 9.18 Å². The van der Waals surface area contributed by atoms with Crippen LogP contribution >= 0.6 is 11.8 Å². The summed E-state index contributed by atoms with van der Waals surface area (Å²) in [6, 6.07) is 16.6. The summed E-state index contributed by atoms with van der Waals surface area (Å²) >= 11 is 1.45. The molecule has 1 aliphatic heterocycles. The summed E-state index contributed by atoms with van der Waals surface area (Å²) in [7, 11) is 0. The van der Waals surface area contributed by atoms with Gasteiger partial charge in [-0.2, -0.15) is 0 Å². The molecule has 2 fully saturated rings. The van der Waals surface area contributed by atoms with Gasteiger partial charge in [0.15, 0.2) is 5.16 Å². The lowest BCUT2D eigenvalue weighted by Gasteiger charge is -2.36. The van der Waals surface area contributed by atoms with Crippen LogP contribution < -0.4 is 4.90 Å². The third-order valence-corrected chi connectivity index (χ3v) is 6.68. The molecule has 1 saturated carbocycles. The van der Waals surface area contributed by atoms with Crippen molar-refractivity contribution in [3.63, 3.8) is 0 Å². The van der Waals surface area contributed by atoms with Crippen LogP contribution in [-0.4, -0.2) is 57.5 Å². The average molecular weight is 438 g/mol. The van der Waals surface area contributed by atoms with Crippen LogP contribution in [0.3, 0.4) is 0 Å². The van der Waals surface area contributed by atoms with Crippen LogP contribution in [0.25, 0.3) is 5.69 Å². The van der Waals surface area contributed by atoms with Gasteiger partial charge < -0.3 is 9.80 Å².